The van der Waals surface area contributed by atoms with Gasteiger partial charge in [0.05, 0.1) is 40.9 Å². The molecule has 0 saturated heterocycles. The summed E-state index contributed by atoms with van der Waals surface area (Å²) < 4.78 is 7.49. The number of para-hydroxylation sites is 2. The maximum absolute atomic E-state index is 12.8. The summed E-state index contributed by atoms with van der Waals surface area (Å²) >= 11 is 0. The average molecular weight is 337 g/mol. The Morgan fingerprint density at radius 1 is 1.32 bits per heavy atom. The van der Waals surface area contributed by atoms with Crippen LogP contribution in [0.1, 0.15) is 32.5 Å². The zero-order valence-electron chi connectivity index (χ0n) is 14.3. The van der Waals surface area contributed by atoms with Gasteiger partial charge in [0.15, 0.2) is 0 Å². The van der Waals surface area contributed by atoms with Gasteiger partial charge in [0, 0.05) is 5.70 Å². The first-order chi connectivity index (χ1) is 12.1. The Balaban J connectivity index is 1.94. The number of carbonyl (C=O) groups excluding carboxylic acids is 1. The van der Waals surface area contributed by atoms with Gasteiger partial charge in [-0.15, -0.1) is 0 Å². The number of hydrogen-bond donors (Lipinski definition) is 2. The first-order valence-electron chi connectivity index (χ1n) is 8.20. The van der Waals surface area contributed by atoms with E-state index in [0.717, 1.165) is 22.4 Å². The Kier molecular flexibility index (Phi) is 3.56. The molecule has 1 aliphatic rings. The summed E-state index contributed by atoms with van der Waals surface area (Å²) in [7, 11) is 0. The summed E-state index contributed by atoms with van der Waals surface area (Å²) in [6.45, 7) is 5.55. The van der Waals surface area contributed by atoms with Crippen molar-refractivity contribution in [2.45, 2.75) is 32.9 Å². The third-order valence-corrected chi connectivity index (χ3v) is 4.21. The zero-order chi connectivity index (χ0) is 17.6. The van der Waals surface area contributed by atoms with E-state index in [4.69, 9.17) is 4.74 Å². The number of hydrogen-bond acceptors (Lipinski definition) is 5. The van der Waals surface area contributed by atoms with Gasteiger partial charge in [-0.25, -0.2) is 14.8 Å². The van der Waals surface area contributed by atoms with Crippen LogP contribution in [0, 0.1) is 0 Å². The largest absolute Gasteiger partial charge is 0.459 e. The predicted octanol–water partition coefficient (Wildman–Crippen LogP) is 3.00. The molecule has 1 unspecified atom stereocenters. The molecule has 25 heavy (non-hydrogen) atoms. The fraction of sp³-hybridized carbons (Fsp3) is 0.278. The first-order valence-corrected chi connectivity index (χ1v) is 8.20. The van der Waals surface area contributed by atoms with Crippen molar-refractivity contribution < 1.29 is 9.53 Å². The Morgan fingerprint density at radius 3 is 2.84 bits per heavy atom. The highest BCUT2D eigenvalue weighted by atomic mass is 16.5. The molecule has 4 rings (SSSR count). The molecule has 0 fully saturated rings. The molecule has 0 amide bonds. The molecule has 128 valence electrons. The topological polar surface area (TPSA) is 84.8 Å². The Hall–Kier alpha value is -3.09. The van der Waals surface area contributed by atoms with Crippen LogP contribution in [0.4, 0.5) is 5.95 Å². The Labute approximate surface area is 144 Å². The van der Waals surface area contributed by atoms with Crippen molar-refractivity contribution >= 4 is 23.0 Å². The lowest BCUT2D eigenvalue weighted by Gasteiger charge is -2.29. The maximum atomic E-state index is 12.8. The normalized spacial score (nSPS) is 16.9. The SMILES string of the molecule is CC1=C(C(=O)OC(C)C)C(c2cnc[nH]2)n2c(nc3ccccc32)N1. The summed E-state index contributed by atoms with van der Waals surface area (Å²) in [6.07, 6.45) is 3.14. The number of rotatable bonds is 3. The van der Waals surface area contributed by atoms with Crippen LogP contribution in [-0.2, 0) is 9.53 Å². The number of aromatic amines is 1. The molecule has 3 heterocycles. The van der Waals surface area contributed by atoms with E-state index in [2.05, 4.69) is 20.3 Å². The van der Waals surface area contributed by atoms with Gasteiger partial charge in [0.1, 0.15) is 6.04 Å². The third kappa shape index (κ3) is 2.48. The lowest BCUT2D eigenvalue weighted by molar-refractivity contribution is -0.143. The number of aromatic nitrogens is 4. The van der Waals surface area contributed by atoms with E-state index in [1.165, 1.54) is 0 Å². The molecule has 0 aliphatic carbocycles. The second-order valence-corrected chi connectivity index (χ2v) is 6.32. The predicted molar refractivity (Wildman–Crippen MR) is 94.0 cm³/mol. The number of fused-ring (bicyclic) bond motifs is 3. The van der Waals surface area contributed by atoms with Crippen LogP contribution in [0.15, 0.2) is 48.1 Å². The molecule has 0 saturated carbocycles. The van der Waals surface area contributed by atoms with Crippen LogP contribution in [0.5, 0.6) is 0 Å². The van der Waals surface area contributed by atoms with E-state index in [9.17, 15) is 4.79 Å². The van der Waals surface area contributed by atoms with Gasteiger partial charge in [-0.3, -0.25) is 4.57 Å². The summed E-state index contributed by atoms with van der Waals surface area (Å²) in [5, 5.41) is 3.24. The maximum Gasteiger partial charge on any atom is 0.338 e. The minimum Gasteiger partial charge on any atom is -0.459 e. The fourth-order valence-electron chi connectivity index (χ4n) is 3.22. The summed E-state index contributed by atoms with van der Waals surface area (Å²) in [6, 6.07) is 7.47. The molecule has 0 bridgehead atoms. The quantitative estimate of drug-likeness (QED) is 0.718. The Morgan fingerprint density at radius 2 is 2.12 bits per heavy atom. The van der Waals surface area contributed by atoms with Crippen molar-refractivity contribution in [3.8, 4) is 0 Å². The summed E-state index contributed by atoms with van der Waals surface area (Å²) in [5.74, 6) is 0.349. The molecule has 2 aromatic heterocycles. The molecule has 7 heteroatoms. The van der Waals surface area contributed by atoms with E-state index >= 15 is 0 Å². The fourth-order valence-corrected chi connectivity index (χ4v) is 3.22. The number of nitrogens with one attached hydrogen (secondary N) is 2. The van der Waals surface area contributed by atoms with Gasteiger partial charge in [-0.1, -0.05) is 12.1 Å². The van der Waals surface area contributed by atoms with Crippen molar-refractivity contribution in [2.24, 2.45) is 0 Å². The van der Waals surface area contributed by atoms with Crippen molar-refractivity contribution in [1.82, 2.24) is 19.5 Å². The summed E-state index contributed by atoms with van der Waals surface area (Å²) in [5.41, 5.74) is 3.88. The standard InChI is InChI=1S/C18H19N5O2/c1-10(2)25-17(24)15-11(3)21-18-22-12-6-4-5-7-14(12)23(18)16(15)13-8-19-9-20-13/h4-10,16H,1-3H3,(H,19,20)(H,21,22). The highest BCUT2D eigenvalue weighted by molar-refractivity contribution is 5.94. The zero-order valence-corrected chi connectivity index (χ0v) is 14.3. The number of esters is 1. The number of carbonyl (C=O) groups is 1. The van der Waals surface area contributed by atoms with Crippen molar-refractivity contribution in [1.29, 1.82) is 0 Å². The molecule has 3 aromatic rings. The number of H-pyrrole nitrogens is 1. The lowest BCUT2D eigenvalue weighted by atomic mass is 10.00. The van der Waals surface area contributed by atoms with Crippen LogP contribution in [0.3, 0.4) is 0 Å². The van der Waals surface area contributed by atoms with Crippen LogP contribution < -0.4 is 5.32 Å². The second kappa shape index (κ2) is 5.77. The minimum absolute atomic E-state index is 0.198. The molecule has 0 radical (unpaired) electrons. The molecule has 0 spiro atoms. The van der Waals surface area contributed by atoms with E-state index in [0.29, 0.717) is 11.5 Å². The van der Waals surface area contributed by atoms with Gasteiger partial charge >= 0.3 is 5.97 Å². The van der Waals surface area contributed by atoms with Gasteiger partial charge in [-0.05, 0) is 32.9 Å². The smallest absolute Gasteiger partial charge is 0.338 e. The van der Waals surface area contributed by atoms with Crippen molar-refractivity contribution in [3.05, 3.63) is 53.8 Å². The van der Waals surface area contributed by atoms with Gasteiger partial charge < -0.3 is 15.0 Å². The first kappa shape index (κ1) is 15.4. The highest BCUT2D eigenvalue weighted by Gasteiger charge is 2.35. The van der Waals surface area contributed by atoms with E-state index in [-0.39, 0.29) is 18.1 Å². The molecule has 2 N–H and O–H groups in total. The third-order valence-electron chi connectivity index (χ3n) is 4.21. The number of allylic oxidation sites excluding steroid dienone is 1. The van der Waals surface area contributed by atoms with Gasteiger partial charge in [-0.2, -0.15) is 0 Å². The molecular formula is C18H19N5O2. The van der Waals surface area contributed by atoms with Gasteiger partial charge in [0.2, 0.25) is 5.95 Å². The molecule has 1 aromatic carbocycles. The van der Waals surface area contributed by atoms with Crippen molar-refractivity contribution in [3.63, 3.8) is 0 Å². The molecule has 1 aliphatic heterocycles. The highest BCUT2D eigenvalue weighted by Crippen LogP contribution is 2.38. The number of imidazole rings is 2. The minimum atomic E-state index is -0.377. The van der Waals surface area contributed by atoms with Crippen LogP contribution in [-0.4, -0.2) is 31.6 Å². The lowest BCUT2D eigenvalue weighted by Crippen LogP contribution is -2.30. The number of ether oxygens (including phenoxy) is 1. The monoisotopic (exact) mass is 337 g/mol. The number of anilines is 1. The molecule has 7 nitrogen and oxygen atoms in total. The van der Waals surface area contributed by atoms with E-state index in [1.807, 2.05) is 49.6 Å². The van der Waals surface area contributed by atoms with E-state index < -0.39 is 0 Å². The average Bonchev–Trinajstić information content (AvgIpc) is 3.20. The molecule has 1 atom stereocenters. The van der Waals surface area contributed by atoms with Crippen LogP contribution in [0.2, 0.25) is 0 Å². The van der Waals surface area contributed by atoms with Crippen LogP contribution >= 0.6 is 0 Å². The van der Waals surface area contributed by atoms with Crippen molar-refractivity contribution in [2.75, 3.05) is 5.32 Å². The number of nitrogens with zero attached hydrogens (tertiary/aromatic N) is 3. The molecular weight excluding hydrogens is 318 g/mol. The second-order valence-electron chi connectivity index (χ2n) is 6.32. The summed E-state index contributed by atoms with van der Waals surface area (Å²) in [4.78, 5) is 24.7. The Bertz CT molecular complexity index is 969. The van der Waals surface area contributed by atoms with Gasteiger partial charge in [0.25, 0.3) is 0 Å². The van der Waals surface area contributed by atoms with Crippen LogP contribution in [0.25, 0.3) is 11.0 Å². The number of benzene rings is 1. The van der Waals surface area contributed by atoms with E-state index in [1.54, 1.807) is 12.5 Å².